The van der Waals surface area contributed by atoms with E-state index in [-0.39, 0.29) is 18.6 Å². The van der Waals surface area contributed by atoms with Crippen molar-refractivity contribution in [2.45, 2.75) is 44.2 Å². The highest BCUT2D eigenvalue weighted by Gasteiger charge is 2.24. The third-order valence-corrected chi connectivity index (χ3v) is 3.32. The van der Waals surface area contributed by atoms with Gasteiger partial charge in [0, 0.05) is 19.1 Å². The molecule has 0 aromatic heterocycles. The molecule has 0 unspecified atom stereocenters. The number of amides is 1. The van der Waals surface area contributed by atoms with Crippen molar-refractivity contribution in [1.82, 2.24) is 4.90 Å². The van der Waals surface area contributed by atoms with Gasteiger partial charge in [0.15, 0.2) is 0 Å². The highest BCUT2D eigenvalue weighted by Crippen LogP contribution is 2.21. The largest absolute Gasteiger partial charge is 0.368 e. The van der Waals surface area contributed by atoms with Gasteiger partial charge in [0.1, 0.15) is 6.61 Å². The van der Waals surface area contributed by atoms with E-state index in [1.165, 1.54) is 12.8 Å². The van der Waals surface area contributed by atoms with E-state index >= 15 is 0 Å². The second kappa shape index (κ2) is 4.94. The molecule has 1 atom stereocenters. The number of likely N-dealkylation sites (tertiary alicyclic amines) is 1. The molecular weight excluding hydrogens is 192 g/mol. The first kappa shape index (κ1) is 10.9. The van der Waals surface area contributed by atoms with Gasteiger partial charge in [0.2, 0.25) is 5.91 Å². The van der Waals surface area contributed by atoms with Gasteiger partial charge in [-0.15, -0.1) is 0 Å². The summed E-state index contributed by atoms with van der Waals surface area (Å²) in [6.07, 6.45) is 5.97. The number of nitrogens with two attached hydrogens (primary N) is 1. The molecule has 0 aromatic carbocycles. The summed E-state index contributed by atoms with van der Waals surface area (Å²) in [5, 5.41) is 0. The van der Waals surface area contributed by atoms with Crippen LogP contribution in [-0.2, 0) is 9.53 Å². The molecule has 2 aliphatic rings. The van der Waals surface area contributed by atoms with E-state index in [0.717, 1.165) is 25.8 Å². The molecule has 1 heterocycles. The van der Waals surface area contributed by atoms with Crippen LogP contribution in [0.3, 0.4) is 0 Å². The van der Waals surface area contributed by atoms with Gasteiger partial charge >= 0.3 is 0 Å². The zero-order chi connectivity index (χ0) is 10.7. The van der Waals surface area contributed by atoms with Crippen molar-refractivity contribution in [2.75, 3.05) is 19.7 Å². The molecule has 4 heteroatoms. The Bertz CT molecular complexity index is 227. The molecule has 2 rings (SSSR count). The Kier molecular flexibility index (Phi) is 3.59. The lowest BCUT2D eigenvalue weighted by Gasteiger charge is -2.17. The molecule has 4 nitrogen and oxygen atoms in total. The first-order valence-electron chi connectivity index (χ1n) is 5.90. The monoisotopic (exact) mass is 212 g/mol. The Morgan fingerprint density at radius 1 is 1.33 bits per heavy atom. The zero-order valence-electron chi connectivity index (χ0n) is 9.15. The zero-order valence-corrected chi connectivity index (χ0v) is 9.15. The number of rotatable bonds is 3. The fourth-order valence-corrected chi connectivity index (χ4v) is 2.35. The molecule has 86 valence electrons. The Hall–Kier alpha value is -0.610. The molecule has 0 radical (unpaired) electrons. The van der Waals surface area contributed by atoms with Crippen molar-refractivity contribution in [3.8, 4) is 0 Å². The lowest BCUT2D eigenvalue weighted by molar-refractivity contribution is -0.137. The van der Waals surface area contributed by atoms with Gasteiger partial charge in [-0.05, 0) is 19.3 Å². The molecular formula is C11H20N2O2. The van der Waals surface area contributed by atoms with E-state index in [1.807, 2.05) is 4.90 Å². The lowest BCUT2D eigenvalue weighted by Crippen LogP contribution is -2.35. The summed E-state index contributed by atoms with van der Waals surface area (Å²) >= 11 is 0. The summed E-state index contributed by atoms with van der Waals surface area (Å²) < 4.78 is 5.58. The van der Waals surface area contributed by atoms with Crippen LogP contribution in [0, 0.1) is 0 Å². The van der Waals surface area contributed by atoms with Crippen LogP contribution in [0.4, 0.5) is 0 Å². The molecule has 15 heavy (non-hydrogen) atoms. The second-order valence-corrected chi connectivity index (χ2v) is 4.61. The van der Waals surface area contributed by atoms with Gasteiger partial charge in [-0.25, -0.2) is 0 Å². The SMILES string of the molecule is N[C@H]1CCN(C(=O)COC2CCCC2)C1. The minimum Gasteiger partial charge on any atom is -0.368 e. The van der Waals surface area contributed by atoms with Crippen LogP contribution < -0.4 is 5.73 Å². The van der Waals surface area contributed by atoms with E-state index in [2.05, 4.69) is 0 Å². The van der Waals surface area contributed by atoms with Crippen molar-refractivity contribution in [3.63, 3.8) is 0 Å². The third kappa shape index (κ3) is 2.92. The maximum Gasteiger partial charge on any atom is 0.248 e. The molecule has 1 saturated heterocycles. The maximum absolute atomic E-state index is 11.7. The van der Waals surface area contributed by atoms with Crippen molar-refractivity contribution < 1.29 is 9.53 Å². The highest BCUT2D eigenvalue weighted by atomic mass is 16.5. The predicted octanol–water partition coefficient (Wildman–Crippen LogP) is 0.505. The number of hydrogen-bond donors (Lipinski definition) is 1. The average Bonchev–Trinajstić information content (AvgIpc) is 2.84. The number of ether oxygens (including phenoxy) is 1. The minimum absolute atomic E-state index is 0.106. The van der Waals surface area contributed by atoms with Crippen LogP contribution in [0.2, 0.25) is 0 Å². The van der Waals surface area contributed by atoms with Gasteiger partial charge in [0.05, 0.1) is 6.10 Å². The molecule has 0 aromatic rings. The van der Waals surface area contributed by atoms with Gasteiger partial charge in [-0.3, -0.25) is 4.79 Å². The van der Waals surface area contributed by atoms with E-state index in [1.54, 1.807) is 0 Å². The first-order valence-corrected chi connectivity index (χ1v) is 5.90. The Morgan fingerprint density at radius 3 is 2.67 bits per heavy atom. The van der Waals surface area contributed by atoms with Crippen LogP contribution in [-0.4, -0.2) is 42.6 Å². The van der Waals surface area contributed by atoms with Gasteiger partial charge in [0.25, 0.3) is 0 Å². The fraction of sp³-hybridized carbons (Fsp3) is 0.909. The topological polar surface area (TPSA) is 55.6 Å². The smallest absolute Gasteiger partial charge is 0.248 e. The fourth-order valence-electron chi connectivity index (χ4n) is 2.35. The maximum atomic E-state index is 11.7. The van der Waals surface area contributed by atoms with Crippen molar-refractivity contribution in [3.05, 3.63) is 0 Å². The average molecular weight is 212 g/mol. The van der Waals surface area contributed by atoms with Crippen LogP contribution in [0.5, 0.6) is 0 Å². The summed E-state index contributed by atoms with van der Waals surface area (Å²) in [5.41, 5.74) is 5.75. The van der Waals surface area contributed by atoms with Gasteiger partial charge in [-0.1, -0.05) is 12.8 Å². The van der Waals surface area contributed by atoms with Crippen molar-refractivity contribution in [2.24, 2.45) is 5.73 Å². The normalized spacial score (nSPS) is 27.5. The lowest BCUT2D eigenvalue weighted by atomic mass is 10.3. The summed E-state index contributed by atoms with van der Waals surface area (Å²) in [6, 6.07) is 0.167. The third-order valence-electron chi connectivity index (χ3n) is 3.32. The van der Waals surface area contributed by atoms with E-state index in [4.69, 9.17) is 10.5 Å². The van der Waals surface area contributed by atoms with Gasteiger partial charge in [-0.2, -0.15) is 0 Å². The highest BCUT2D eigenvalue weighted by molar-refractivity contribution is 5.77. The van der Waals surface area contributed by atoms with E-state index in [0.29, 0.717) is 12.6 Å². The molecule has 2 N–H and O–H groups in total. The van der Waals surface area contributed by atoms with Crippen LogP contribution in [0.1, 0.15) is 32.1 Å². The summed E-state index contributed by atoms with van der Waals surface area (Å²) in [6.45, 7) is 1.75. The number of nitrogens with zero attached hydrogens (tertiary/aromatic N) is 1. The molecule has 0 spiro atoms. The van der Waals surface area contributed by atoms with Crippen LogP contribution >= 0.6 is 0 Å². The molecule has 0 bridgehead atoms. The Labute approximate surface area is 90.8 Å². The number of carbonyl (C=O) groups excluding carboxylic acids is 1. The van der Waals surface area contributed by atoms with E-state index in [9.17, 15) is 4.79 Å². The summed E-state index contributed by atoms with van der Waals surface area (Å²) in [5.74, 6) is 0.106. The van der Waals surface area contributed by atoms with Crippen LogP contribution in [0.25, 0.3) is 0 Å². The van der Waals surface area contributed by atoms with Crippen LogP contribution in [0.15, 0.2) is 0 Å². The molecule has 1 saturated carbocycles. The number of carbonyl (C=O) groups is 1. The van der Waals surface area contributed by atoms with Crippen molar-refractivity contribution >= 4 is 5.91 Å². The minimum atomic E-state index is 0.106. The summed E-state index contributed by atoms with van der Waals surface area (Å²) in [7, 11) is 0. The van der Waals surface area contributed by atoms with Gasteiger partial charge < -0.3 is 15.4 Å². The summed E-state index contributed by atoms with van der Waals surface area (Å²) in [4.78, 5) is 13.5. The predicted molar refractivity (Wildman–Crippen MR) is 57.4 cm³/mol. The van der Waals surface area contributed by atoms with Crippen molar-refractivity contribution in [1.29, 1.82) is 0 Å². The first-order chi connectivity index (χ1) is 7.25. The quantitative estimate of drug-likeness (QED) is 0.741. The second-order valence-electron chi connectivity index (χ2n) is 4.61. The standard InChI is InChI=1S/C11H20N2O2/c12-9-5-6-13(7-9)11(14)8-15-10-3-1-2-4-10/h9-10H,1-8,12H2/t9-/m0/s1. The molecule has 1 aliphatic heterocycles. The Morgan fingerprint density at radius 2 is 2.07 bits per heavy atom. The van der Waals surface area contributed by atoms with E-state index < -0.39 is 0 Å². The molecule has 2 fully saturated rings. The molecule has 1 aliphatic carbocycles. The number of hydrogen-bond acceptors (Lipinski definition) is 3. The Balaban J connectivity index is 1.67. The molecule has 1 amide bonds.